The predicted octanol–water partition coefficient (Wildman–Crippen LogP) is 2.40. The van der Waals surface area contributed by atoms with Crippen LogP contribution in [0.1, 0.15) is 18.1 Å². The average molecular weight is 258 g/mol. The highest BCUT2D eigenvalue weighted by atomic mass is 32.1. The normalized spacial score (nSPS) is 11.8. The van der Waals surface area contributed by atoms with Crippen molar-refractivity contribution < 1.29 is 4.79 Å². The van der Waals surface area contributed by atoms with Gasteiger partial charge in [-0.3, -0.25) is 4.79 Å². The molecule has 0 spiro atoms. The van der Waals surface area contributed by atoms with Crippen LogP contribution in [0.4, 0.5) is 0 Å². The molecule has 18 heavy (non-hydrogen) atoms. The van der Waals surface area contributed by atoms with E-state index in [2.05, 4.69) is 30.0 Å². The Morgan fingerprint density at radius 2 is 2.22 bits per heavy atom. The first-order valence-corrected chi connectivity index (χ1v) is 6.44. The van der Waals surface area contributed by atoms with Crippen LogP contribution in [-0.2, 0) is 11.3 Å². The lowest BCUT2D eigenvalue weighted by molar-refractivity contribution is -0.116. The van der Waals surface area contributed by atoms with Crippen LogP contribution < -0.4 is 4.80 Å². The van der Waals surface area contributed by atoms with E-state index in [1.54, 1.807) is 0 Å². The second kappa shape index (κ2) is 4.79. The Kier molecular flexibility index (Phi) is 3.35. The number of thiazole rings is 1. The SMILES string of the molecule is C#CCn1c(=NC(C)=O)sc2cc(C)cc(C)c21. The zero-order valence-electron chi connectivity index (χ0n) is 10.7. The van der Waals surface area contributed by atoms with Gasteiger partial charge in [0.15, 0.2) is 4.80 Å². The number of carbonyl (C=O) groups excluding carboxylic acids is 1. The molecular formula is C14H14N2OS. The van der Waals surface area contributed by atoms with Gasteiger partial charge in [-0.05, 0) is 31.0 Å². The molecule has 0 aliphatic heterocycles. The minimum Gasteiger partial charge on any atom is -0.304 e. The summed E-state index contributed by atoms with van der Waals surface area (Å²) in [4.78, 5) is 15.9. The topological polar surface area (TPSA) is 34.4 Å². The fraction of sp³-hybridized carbons (Fsp3) is 0.286. The fourth-order valence-electron chi connectivity index (χ4n) is 2.05. The zero-order chi connectivity index (χ0) is 13.3. The average Bonchev–Trinajstić information content (AvgIpc) is 2.56. The molecule has 0 radical (unpaired) electrons. The fourth-order valence-corrected chi connectivity index (χ4v) is 3.30. The summed E-state index contributed by atoms with van der Waals surface area (Å²) in [5, 5.41) is 0. The molecule has 0 bridgehead atoms. The second-order valence-electron chi connectivity index (χ2n) is 4.23. The predicted molar refractivity (Wildman–Crippen MR) is 74.4 cm³/mol. The molecule has 0 saturated heterocycles. The molecule has 0 aliphatic rings. The van der Waals surface area contributed by atoms with Crippen molar-refractivity contribution in [3.8, 4) is 12.3 Å². The van der Waals surface area contributed by atoms with Gasteiger partial charge in [0.2, 0.25) is 5.91 Å². The molecule has 4 heteroatoms. The summed E-state index contributed by atoms with van der Waals surface area (Å²) in [6, 6.07) is 4.21. The van der Waals surface area contributed by atoms with Crippen LogP contribution in [0.5, 0.6) is 0 Å². The van der Waals surface area contributed by atoms with E-state index in [4.69, 9.17) is 6.42 Å². The highest BCUT2D eigenvalue weighted by molar-refractivity contribution is 7.16. The van der Waals surface area contributed by atoms with Crippen LogP contribution in [0.3, 0.4) is 0 Å². The van der Waals surface area contributed by atoms with E-state index in [0.717, 1.165) is 15.8 Å². The second-order valence-corrected chi connectivity index (χ2v) is 5.24. The van der Waals surface area contributed by atoms with Crippen molar-refractivity contribution in [2.45, 2.75) is 27.3 Å². The van der Waals surface area contributed by atoms with Crippen molar-refractivity contribution in [3.05, 3.63) is 28.1 Å². The number of terminal acetylenes is 1. The summed E-state index contributed by atoms with van der Waals surface area (Å²) < 4.78 is 3.04. The van der Waals surface area contributed by atoms with Crippen LogP contribution in [0.2, 0.25) is 0 Å². The van der Waals surface area contributed by atoms with Gasteiger partial charge in [0.05, 0.1) is 16.8 Å². The number of nitrogens with zero attached hydrogens (tertiary/aromatic N) is 2. The summed E-state index contributed by atoms with van der Waals surface area (Å²) in [6.45, 7) is 5.98. The van der Waals surface area contributed by atoms with Crippen molar-refractivity contribution >= 4 is 27.5 Å². The highest BCUT2D eigenvalue weighted by Crippen LogP contribution is 2.22. The first kappa shape index (κ1) is 12.6. The van der Waals surface area contributed by atoms with Crippen LogP contribution in [0, 0.1) is 26.2 Å². The quantitative estimate of drug-likeness (QED) is 0.723. The first-order chi connectivity index (χ1) is 8.52. The maximum absolute atomic E-state index is 11.2. The highest BCUT2D eigenvalue weighted by Gasteiger charge is 2.09. The monoisotopic (exact) mass is 258 g/mol. The Bertz CT molecular complexity index is 729. The molecule has 2 aromatic rings. The molecule has 1 aromatic carbocycles. The lowest BCUT2D eigenvalue weighted by Gasteiger charge is -2.04. The third-order valence-corrected chi connectivity index (χ3v) is 3.64. The number of aromatic nitrogens is 1. The molecule has 1 amide bonds. The number of benzene rings is 1. The number of hydrogen-bond donors (Lipinski definition) is 0. The number of fused-ring (bicyclic) bond motifs is 1. The summed E-state index contributed by atoms with van der Waals surface area (Å²) in [5.74, 6) is 2.41. The molecule has 0 N–H and O–H groups in total. The van der Waals surface area contributed by atoms with Gasteiger partial charge in [0.25, 0.3) is 0 Å². The zero-order valence-corrected chi connectivity index (χ0v) is 11.5. The molecule has 0 aliphatic carbocycles. The van der Waals surface area contributed by atoms with Crippen LogP contribution in [0.25, 0.3) is 10.2 Å². The lowest BCUT2D eigenvalue weighted by Crippen LogP contribution is -2.16. The van der Waals surface area contributed by atoms with Gasteiger partial charge < -0.3 is 4.57 Å². The van der Waals surface area contributed by atoms with Crippen LogP contribution >= 0.6 is 11.3 Å². The van der Waals surface area contributed by atoms with E-state index in [9.17, 15) is 4.79 Å². The van der Waals surface area contributed by atoms with Gasteiger partial charge in [0.1, 0.15) is 0 Å². The third kappa shape index (κ3) is 2.22. The summed E-state index contributed by atoms with van der Waals surface area (Å²) in [6.07, 6.45) is 5.40. The van der Waals surface area contributed by atoms with E-state index in [1.165, 1.54) is 23.8 Å². The number of hydrogen-bond acceptors (Lipinski definition) is 2. The largest absolute Gasteiger partial charge is 0.304 e. The maximum Gasteiger partial charge on any atom is 0.245 e. The van der Waals surface area contributed by atoms with Crippen molar-refractivity contribution in [3.63, 3.8) is 0 Å². The molecule has 2 rings (SSSR count). The molecule has 1 heterocycles. The Morgan fingerprint density at radius 3 is 2.83 bits per heavy atom. The van der Waals surface area contributed by atoms with Crippen molar-refractivity contribution in [2.24, 2.45) is 4.99 Å². The van der Waals surface area contributed by atoms with Gasteiger partial charge >= 0.3 is 0 Å². The van der Waals surface area contributed by atoms with E-state index in [-0.39, 0.29) is 5.91 Å². The molecule has 0 fully saturated rings. The molecule has 92 valence electrons. The van der Waals surface area contributed by atoms with Crippen molar-refractivity contribution in [1.82, 2.24) is 4.57 Å². The maximum atomic E-state index is 11.2. The van der Waals surface area contributed by atoms with E-state index < -0.39 is 0 Å². The van der Waals surface area contributed by atoms with E-state index in [1.807, 2.05) is 11.5 Å². The Labute approximate surface area is 110 Å². The summed E-state index contributed by atoms with van der Waals surface area (Å²) in [5.41, 5.74) is 3.42. The third-order valence-electron chi connectivity index (χ3n) is 2.61. The molecule has 1 aromatic heterocycles. The lowest BCUT2D eigenvalue weighted by atomic mass is 10.1. The molecule has 0 atom stereocenters. The molecular weight excluding hydrogens is 244 g/mol. The van der Waals surface area contributed by atoms with Gasteiger partial charge in [-0.2, -0.15) is 4.99 Å². The Balaban J connectivity index is 2.89. The van der Waals surface area contributed by atoms with E-state index >= 15 is 0 Å². The first-order valence-electron chi connectivity index (χ1n) is 5.62. The van der Waals surface area contributed by atoms with Crippen LogP contribution in [0.15, 0.2) is 17.1 Å². The Morgan fingerprint density at radius 1 is 1.50 bits per heavy atom. The number of amides is 1. The van der Waals surface area contributed by atoms with Crippen molar-refractivity contribution in [2.75, 3.05) is 0 Å². The molecule has 0 saturated carbocycles. The number of carbonyl (C=O) groups is 1. The van der Waals surface area contributed by atoms with Gasteiger partial charge in [-0.1, -0.05) is 23.3 Å². The summed E-state index contributed by atoms with van der Waals surface area (Å²) in [7, 11) is 0. The van der Waals surface area contributed by atoms with Crippen molar-refractivity contribution in [1.29, 1.82) is 0 Å². The van der Waals surface area contributed by atoms with Crippen LogP contribution in [-0.4, -0.2) is 10.5 Å². The molecule has 3 nitrogen and oxygen atoms in total. The Hall–Kier alpha value is -1.86. The van der Waals surface area contributed by atoms with Gasteiger partial charge in [0, 0.05) is 6.92 Å². The van der Waals surface area contributed by atoms with Gasteiger partial charge in [-0.25, -0.2) is 0 Å². The molecule has 0 unspecified atom stereocenters. The minimum absolute atomic E-state index is 0.207. The number of rotatable bonds is 1. The standard InChI is InChI=1S/C14H14N2OS/c1-5-6-16-13-10(3)7-9(2)8-12(13)18-14(16)15-11(4)17/h1,7-8H,6H2,2-4H3. The van der Waals surface area contributed by atoms with Gasteiger partial charge in [-0.15, -0.1) is 6.42 Å². The minimum atomic E-state index is -0.207. The number of aryl methyl sites for hydroxylation is 2. The summed E-state index contributed by atoms with van der Waals surface area (Å²) >= 11 is 1.50. The smallest absolute Gasteiger partial charge is 0.245 e. The van der Waals surface area contributed by atoms with E-state index in [0.29, 0.717) is 11.3 Å².